The summed E-state index contributed by atoms with van der Waals surface area (Å²) in [5.74, 6) is -1.58. The number of carbonyl (C=O) groups is 3. The van der Waals surface area contributed by atoms with Crippen LogP contribution in [-0.4, -0.2) is 30.9 Å². The van der Waals surface area contributed by atoms with Gasteiger partial charge in [0.2, 0.25) is 5.91 Å². The van der Waals surface area contributed by atoms with Crippen LogP contribution in [0.1, 0.15) is 37.0 Å². The van der Waals surface area contributed by atoms with E-state index in [2.05, 4.69) is 5.32 Å². The monoisotopic (exact) mass is 408 g/mol. The standard InChI is InChI=1S/C24H28N2O4/c1-4-17-7-6-8-18(5-2)23(17)25-21(27)15-30-24(29)19-13-22(28)26(14-19)20-11-9-16(3)10-12-20/h6-12,19H,4-5,13-15H2,1-3H3,(H,25,27)/t19-/m0/s1. The van der Waals surface area contributed by atoms with Gasteiger partial charge in [0.15, 0.2) is 6.61 Å². The van der Waals surface area contributed by atoms with Gasteiger partial charge in [-0.15, -0.1) is 0 Å². The molecule has 0 spiro atoms. The Kier molecular flexibility index (Phi) is 6.87. The van der Waals surface area contributed by atoms with Crippen molar-refractivity contribution in [2.75, 3.05) is 23.4 Å². The number of para-hydroxylation sites is 1. The van der Waals surface area contributed by atoms with Crippen LogP contribution >= 0.6 is 0 Å². The molecule has 0 saturated carbocycles. The van der Waals surface area contributed by atoms with E-state index in [1.807, 2.05) is 63.2 Å². The molecule has 3 rings (SSSR count). The molecule has 1 fully saturated rings. The third-order valence-electron chi connectivity index (χ3n) is 5.41. The third-order valence-corrected chi connectivity index (χ3v) is 5.41. The summed E-state index contributed by atoms with van der Waals surface area (Å²) in [5.41, 5.74) is 4.75. The lowest BCUT2D eigenvalue weighted by molar-refractivity contribution is -0.151. The first-order valence-electron chi connectivity index (χ1n) is 10.4. The number of hydrogen-bond donors (Lipinski definition) is 1. The van der Waals surface area contributed by atoms with E-state index in [-0.39, 0.29) is 31.4 Å². The van der Waals surface area contributed by atoms with E-state index in [0.29, 0.717) is 0 Å². The highest BCUT2D eigenvalue weighted by Gasteiger charge is 2.36. The van der Waals surface area contributed by atoms with Crippen LogP contribution in [0.4, 0.5) is 11.4 Å². The molecule has 1 N–H and O–H groups in total. The molecule has 2 aromatic carbocycles. The lowest BCUT2D eigenvalue weighted by Crippen LogP contribution is -2.28. The number of aryl methyl sites for hydroxylation is 3. The molecule has 0 aromatic heterocycles. The molecule has 0 aliphatic carbocycles. The van der Waals surface area contributed by atoms with Gasteiger partial charge in [0.25, 0.3) is 5.91 Å². The topological polar surface area (TPSA) is 75.7 Å². The van der Waals surface area contributed by atoms with Crippen molar-refractivity contribution in [3.8, 4) is 0 Å². The minimum absolute atomic E-state index is 0.0903. The van der Waals surface area contributed by atoms with E-state index >= 15 is 0 Å². The van der Waals surface area contributed by atoms with Gasteiger partial charge >= 0.3 is 5.97 Å². The van der Waals surface area contributed by atoms with Crippen LogP contribution in [0, 0.1) is 12.8 Å². The number of carbonyl (C=O) groups excluding carboxylic acids is 3. The SMILES string of the molecule is CCc1cccc(CC)c1NC(=O)COC(=O)[C@H]1CC(=O)N(c2ccc(C)cc2)C1. The maximum Gasteiger partial charge on any atom is 0.311 e. The van der Waals surface area contributed by atoms with Crippen molar-refractivity contribution in [3.63, 3.8) is 0 Å². The number of hydrogen-bond acceptors (Lipinski definition) is 4. The van der Waals surface area contributed by atoms with Gasteiger partial charge < -0.3 is 15.0 Å². The molecule has 30 heavy (non-hydrogen) atoms. The number of amides is 2. The van der Waals surface area contributed by atoms with Gasteiger partial charge in [-0.2, -0.15) is 0 Å². The maximum absolute atomic E-state index is 12.4. The summed E-state index contributed by atoms with van der Waals surface area (Å²) in [6.45, 7) is 5.93. The van der Waals surface area contributed by atoms with Crippen LogP contribution < -0.4 is 10.2 Å². The Hall–Kier alpha value is -3.15. The Morgan fingerprint density at radius 1 is 1.07 bits per heavy atom. The van der Waals surface area contributed by atoms with Crippen LogP contribution in [-0.2, 0) is 32.0 Å². The summed E-state index contributed by atoms with van der Waals surface area (Å²) in [4.78, 5) is 38.8. The molecule has 2 amide bonds. The lowest BCUT2D eigenvalue weighted by Gasteiger charge is -2.17. The molecule has 0 radical (unpaired) electrons. The van der Waals surface area contributed by atoms with Crippen molar-refractivity contribution in [1.29, 1.82) is 0 Å². The Morgan fingerprint density at radius 3 is 2.30 bits per heavy atom. The molecular formula is C24H28N2O4. The number of ether oxygens (including phenoxy) is 1. The largest absolute Gasteiger partial charge is 0.455 e. The minimum Gasteiger partial charge on any atom is -0.455 e. The van der Waals surface area contributed by atoms with Crippen LogP contribution in [0.5, 0.6) is 0 Å². The quantitative estimate of drug-likeness (QED) is 0.710. The van der Waals surface area contributed by atoms with Crippen molar-refractivity contribution < 1.29 is 19.1 Å². The fourth-order valence-electron chi connectivity index (χ4n) is 3.67. The summed E-state index contributed by atoms with van der Waals surface area (Å²) in [6, 6.07) is 13.5. The number of benzene rings is 2. The predicted octanol–water partition coefficient (Wildman–Crippen LogP) is 3.65. The Labute approximate surface area is 177 Å². The average molecular weight is 408 g/mol. The summed E-state index contributed by atoms with van der Waals surface area (Å²) in [6.07, 6.45) is 1.68. The molecule has 158 valence electrons. The summed E-state index contributed by atoms with van der Waals surface area (Å²) in [5, 5.41) is 2.88. The van der Waals surface area contributed by atoms with Crippen molar-refractivity contribution in [2.45, 2.75) is 40.0 Å². The number of nitrogens with one attached hydrogen (secondary N) is 1. The predicted molar refractivity (Wildman–Crippen MR) is 116 cm³/mol. The zero-order valence-electron chi connectivity index (χ0n) is 17.7. The van der Waals surface area contributed by atoms with Crippen molar-refractivity contribution >= 4 is 29.2 Å². The Morgan fingerprint density at radius 2 is 1.70 bits per heavy atom. The first kappa shape index (κ1) is 21.6. The normalized spacial score (nSPS) is 15.9. The van der Waals surface area contributed by atoms with Gasteiger partial charge in [0.1, 0.15) is 0 Å². The van der Waals surface area contributed by atoms with Crippen LogP contribution in [0.2, 0.25) is 0 Å². The number of anilines is 2. The van der Waals surface area contributed by atoms with Gasteiger partial charge in [-0.25, -0.2) is 0 Å². The molecule has 0 unspecified atom stereocenters. The first-order chi connectivity index (χ1) is 14.4. The Balaban J connectivity index is 1.57. The highest BCUT2D eigenvalue weighted by Crippen LogP contribution is 2.26. The number of nitrogens with zero attached hydrogens (tertiary/aromatic N) is 1. The molecule has 1 heterocycles. The van der Waals surface area contributed by atoms with E-state index in [0.717, 1.165) is 40.9 Å². The van der Waals surface area contributed by atoms with Crippen LogP contribution in [0.15, 0.2) is 42.5 Å². The summed E-state index contributed by atoms with van der Waals surface area (Å²) in [7, 11) is 0. The first-order valence-corrected chi connectivity index (χ1v) is 10.4. The molecule has 6 nitrogen and oxygen atoms in total. The maximum atomic E-state index is 12.4. The molecule has 6 heteroatoms. The average Bonchev–Trinajstić information content (AvgIpc) is 3.14. The van der Waals surface area contributed by atoms with Gasteiger partial charge in [0, 0.05) is 24.3 Å². The van der Waals surface area contributed by atoms with Gasteiger partial charge in [-0.1, -0.05) is 49.7 Å². The van der Waals surface area contributed by atoms with Gasteiger partial charge in [0.05, 0.1) is 5.92 Å². The second-order valence-electron chi connectivity index (χ2n) is 7.56. The van der Waals surface area contributed by atoms with Crippen molar-refractivity contribution in [3.05, 3.63) is 59.2 Å². The molecule has 1 aliphatic rings. The molecule has 1 saturated heterocycles. The third kappa shape index (κ3) is 4.87. The fraction of sp³-hybridized carbons (Fsp3) is 0.375. The van der Waals surface area contributed by atoms with E-state index in [1.165, 1.54) is 0 Å². The molecule has 0 bridgehead atoms. The van der Waals surface area contributed by atoms with Crippen molar-refractivity contribution in [1.82, 2.24) is 0 Å². The van der Waals surface area contributed by atoms with E-state index in [4.69, 9.17) is 4.74 Å². The second kappa shape index (κ2) is 9.57. The molecular weight excluding hydrogens is 380 g/mol. The van der Waals surface area contributed by atoms with E-state index in [9.17, 15) is 14.4 Å². The smallest absolute Gasteiger partial charge is 0.311 e. The van der Waals surface area contributed by atoms with E-state index < -0.39 is 11.9 Å². The highest BCUT2D eigenvalue weighted by molar-refractivity contribution is 6.00. The molecule has 1 aliphatic heterocycles. The zero-order chi connectivity index (χ0) is 21.7. The Bertz CT molecular complexity index is 914. The lowest BCUT2D eigenvalue weighted by atomic mass is 10.0. The molecule has 2 aromatic rings. The van der Waals surface area contributed by atoms with Crippen molar-refractivity contribution in [2.24, 2.45) is 5.92 Å². The molecule has 1 atom stereocenters. The number of esters is 1. The fourth-order valence-corrected chi connectivity index (χ4v) is 3.67. The second-order valence-corrected chi connectivity index (χ2v) is 7.56. The van der Waals surface area contributed by atoms with E-state index in [1.54, 1.807) is 4.90 Å². The van der Waals surface area contributed by atoms with Gasteiger partial charge in [-0.05, 0) is 43.0 Å². The minimum atomic E-state index is -0.569. The summed E-state index contributed by atoms with van der Waals surface area (Å²) < 4.78 is 5.23. The van der Waals surface area contributed by atoms with Gasteiger partial charge in [-0.3, -0.25) is 14.4 Å². The van der Waals surface area contributed by atoms with Crippen LogP contribution in [0.25, 0.3) is 0 Å². The zero-order valence-corrected chi connectivity index (χ0v) is 17.7. The van der Waals surface area contributed by atoms with Crippen LogP contribution in [0.3, 0.4) is 0 Å². The number of rotatable bonds is 7. The highest BCUT2D eigenvalue weighted by atomic mass is 16.5. The summed E-state index contributed by atoms with van der Waals surface area (Å²) >= 11 is 0.